The van der Waals surface area contributed by atoms with Crippen LogP contribution in [-0.2, 0) is 19.9 Å². The summed E-state index contributed by atoms with van der Waals surface area (Å²) in [6.07, 6.45) is 7.55. The molecule has 0 saturated heterocycles. The van der Waals surface area contributed by atoms with Crippen LogP contribution >= 0.6 is 15.9 Å². The van der Waals surface area contributed by atoms with Crippen molar-refractivity contribution in [2.45, 2.75) is 65.3 Å². The summed E-state index contributed by atoms with van der Waals surface area (Å²) in [6.45, 7) is 7.77. The molecule has 1 saturated carbocycles. The molecule has 1 aromatic rings. The van der Waals surface area contributed by atoms with Crippen LogP contribution in [0.15, 0.2) is 4.47 Å². The van der Waals surface area contributed by atoms with Gasteiger partial charge in [-0.3, -0.25) is 4.68 Å². The van der Waals surface area contributed by atoms with Crippen LogP contribution in [0.3, 0.4) is 0 Å². The van der Waals surface area contributed by atoms with Crippen LogP contribution in [0, 0.1) is 5.41 Å². The zero-order chi connectivity index (χ0) is 14.8. The van der Waals surface area contributed by atoms with E-state index in [9.17, 15) is 0 Å². The van der Waals surface area contributed by atoms with Crippen LogP contribution in [0.4, 0.5) is 0 Å². The second-order valence-electron chi connectivity index (χ2n) is 6.60. The van der Waals surface area contributed by atoms with Gasteiger partial charge in [-0.1, -0.05) is 33.6 Å². The molecule has 3 nitrogen and oxygen atoms in total. The number of nitrogens with one attached hydrogen (secondary N) is 1. The molecule has 0 atom stereocenters. The maximum absolute atomic E-state index is 4.65. The molecule has 0 amide bonds. The third-order valence-electron chi connectivity index (χ3n) is 4.59. The molecule has 0 aromatic carbocycles. The van der Waals surface area contributed by atoms with Gasteiger partial charge in [0.05, 0.1) is 15.9 Å². The van der Waals surface area contributed by atoms with Crippen LogP contribution in [-0.4, -0.2) is 22.4 Å². The summed E-state index contributed by atoms with van der Waals surface area (Å²) < 4.78 is 3.32. The Hall–Kier alpha value is -0.350. The van der Waals surface area contributed by atoms with Crippen molar-refractivity contribution in [3.63, 3.8) is 0 Å². The molecule has 0 spiro atoms. The van der Waals surface area contributed by atoms with Gasteiger partial charge in [-0.25, -0.2) is 0 Å². The zero-order valence-corrected chi connectivity index (χ0v) is 14.9. The van der Waals surface area contributed by atoms with E-state index in [-0.39, 0.29) is 0 Å². The molecule has 4 heteroatoms. The lowest BCUT2D eigenvalue weighted by Crippen LogP contribution is -2.37. The molecule has 0 aliphatic heterocycles. The summed E-state index contributed by atoms with van der Waals surface area (Å²) in [7, 11) is 2.08. The highest BCUT2D eigenvalue weighted by atomic mass is 79.9. The third-order valence-corrected chi connectivity index (χ3v) is 5.51. The van der Waals surface area contributed by atoms with Crippen molar-refractivity contribution in [1.82, 2.24) is 15.1 Å². The third kappa shape index (κ3) is 3.45. The highest BCUT2D eigenvalue weighted by Crippen LogP contribution is 2.42. The highest BCUT2D eigenvalue weighted by molar-refractivity contribution is 9.10. The molecule has 0 radical (unpaired) electrons. The Morgan fingerprint density at radius 1 is 1.35 bits per heavy atom. The quantitative estimate of drug-likeness (QED) is 0.851. The van der Waals surface area contributed by atoms with Crippen molar-refractivity contribution in [3.8, 4) is 0 Å². The number of hydrogen-bond donors (Lipinski definition) is 1. The molecule has 1 heterocycles. The summed E-state index contributed by atoms with van der Waals surface area (Å²) in [5.41, 5.74) is 2.98. The Morgan fingerprint density at radius 2 is 2.00 bits per heavy atom. The smallest absolute Gasteiger partial charge is 0.0766 e. The van der Waals surface area contributed by atoms with Crippen molar-refractivity contribution < 1.29 is 0 Å². The minimum absolute atomic E-state index is 0.422. The summed E-state index contributed by atoms with van der Waals surface area (Å²) in [6, 6.07) is 0.564. The van der Waals surface area contributed by atoms with Crippen LogP contribution in [0.25, 0.3) is 0 Å². The Morgan fingerprint density at radius 3 is 2.50 bits per heavy atom. The summed E-state index contributed by atoms with van der Waals surface area (Å²) in [5.74, 6) is 0. The van der Waals surface area contributed by atoms with E-state index in [0.717, 1.165) is 19.4 Å². The van der Waals surface area contributed by atoms with Crippen molar-refractivity contribution >= 4 is 15.9 Å². The first kappa shape index (κ1) is 16.0. The summed E-state index contributed by atoms with van der Waals surface area (Å²) in [4.78, 5) is 0. The van der Waals surface area contributed by atoms with Crippen molar-refractivity contribution in [3.05, 3.63) is 15.9 Å². The molecule has 0 bridgehead atoms. The minimum atomic E-state index is 0.422. The Balaban J connectivity index is 2.18. The summed E-state index contributed by atoms with van der Waals surface area (Å²) >= 11 is 3.77. The summed E-state index contributed by atoms with van der Waals surface area (Å²) in [5, 5.41) is 8.31. The Kier molecular flexibility index (Phi) is 5.30. The second kappa shape index (κ2) is 6.61. The fraction of sp³-hybridized carbons (Fsp3) is 0.812. The lowest BCUT2D eigenvalue weighted by Gasteiger charge is -2.30. The molecule has 20 heavy (non-hydrogen) atoms. The van der Waals surface area contributed by atoms with E-state index in [2.05, 4.69) is 58.8 Å². The van der Waals surface area contributed by atoms with Gasteiger partial charge < -0.3 is 5.32 Å². The fourth-order valence-electron chi connectivity index (χ4n) is 3.33. The van der Waals surface area contributed by atoms with Crippen LogP contribution in [0.5, 0.6) is 0 Å². The minimum Gasteiger partial charge on any atom is -0.314 e. The van der Waals surface area contributed by atoms with Crippen LogP contribution in [0.2, 0.25) is 0 Å². The van der Waals surface area contributed by atoms with Gasteiger partial charge in [0, 0.05) is 19.6 Å². The fourth-order valence-corrected chi connectivity index (χ4v) is 4.09. The lowest BCUT2D eigenvalue weighted by molar-refractivity contribution is 0.263. The average molecular weight is 342 g/mol. The first-order chi connectivity index (χ1) is 9.47. The van der Waals surface area contributed by atoms with E-state index in [0.29, 0.717) is 11.5 Å². The van der Waals surface area contributed by atoms with Crippen molar-refractivity contribution in [2.24, 2.45) is 12.5 Å². The number of halogens is 1. The normalized spacial score (nSPS) is 18.1. The molecule has 2 rings (SSSR count). The van der Waals surface area contributed by atoms with Crippen LogP contribution in [0.1, 0.15) is 57.8 Å². The van der Waals surface area contributed by atoms with E-state index < -0.39 is 0 Å². The highest BCUT2D eigenvalue weighted by Gasteiger charge is 2.35. The van der Waals surface area contributed by atoms with Gasteiger partial charge in [-0.2, -0.15) is 5.10 Å². The first-order valence-corrected chi connectivity index (χ1v) is 8.70. The molecule has 1 fully saturated rings. The average Bonchev–Trinajstić information content (AvgIpc) is 2.97. The first-order valence-electron chi connectivity index (χ1n) is 7.91. The maximum Gasteiger partial charge on any atom is 0.0766 e. The van der Waals surface area contributed by atoms with Crippen molar-refractivity contribution in [1.29, 1.82) is 0 Å². The monoisotopic (exact) mass is 341 g/mol. The van der Waals surface area contributed by atoms with E-state index >= 15 is 0 Å². The van der Waals surface area contributed by atoms with Gasteiger partial charge in [-0.05, 0) is 47.0 Å². The zero-order valence-electron chi connectivity index (χ0n) is 13.3. The van der Waals surface area contributed by atoms with Gasteiger partial charge >= 0.3 is 0 Å². The topological polar surface area (TPSA) is 29.9 Å². The van der Waals surface area contributed by atoms with Gasteiger partial charge in [0.2, 0.25) is 0 Å². The Labute approximate surface area is 131 Å². The van der Waals surface area contributed by atoms with E-state index in [1.807, 2.05) is 0 Å². The van der Waals surface area contributed by atoms with Gasteiger partial charge in [0.1, 0.15) is 0 Å². The van der Waals surface area contributed by atoms with Gasteiger partial charge in [0.15, 0.2) is 0 Å². The second-order valence-corrected chi connectivity index (χ2v) is 7.40. The molecule has 0 unspecified atom stereocenters. The number of hydrogen-bond acceptors (Lipinski definition) is 2. The Bertz CT molecular complexity index is 445. The molecule has 1 aliphatic rings. The van der Waals surface area contributed by atoms with E-state index in [4.69, 9.17) is 0 Å². The SMILES string of the molecule is CCc1nn(C)c(CC2(CNC(C)C)CCCC2)c1Br. The molecule has 1 N–H and O–H groups in total. The standard InChI is InChI=1S/C16H28BrN3/c1-5-13-15(17)14(20(4)19-13)10-16(8-6-7-9-16)11-18-12(2)3/h12,18H,5-11H2,1-4H3. The van der Waals surface area contributed by atoms with Gasteiger partial charge in [0.25, 0.3) is 0 Å². The largest absolute Gasteiger partial charge is 0.314 e. The predicted molar refractivity (Wildman–Crippen MR) is 88.0 cm³/mol. The molecule has 1 aliphatic carbocycles. The van der Waals surface area contributed by atoms with E-state index in [1.165, 1.54) is 41.5 Å². The van der Waals surface area contributed by atoms with Crippen molar-refractivity contribution in [2.75, 3.05) is 6.54 Å². The number of rotatable bonds is 6. The predicted octanol–water partition coefficient (Wildman–Crippen LogP) is 3.85. The number of aryl methyl sites for hydroxylation is 2. The van der Waals surface area contributed by atoms with Crippen LogP contribution < -0.4 is 5.32 Å². The molecule has 114 valence electrons. The van der Waals surface area contributed by atoms with Gasteiger partial charge in [-0.15, -0.1) is 0 Å². The molecular weight excluding hydrogens is 314 g/mol. The van der Waals surface area contributed by atoms with E-state index in [1.54, 1.807) is 0 Å². The molecular formula is C16H28BrN3. The molecule has 1 aromatic heterocycles. The lowest BCUT2D eigenvalue weighted by atomic mass is 9.81. The number of nitrogens with zero attached hydrogens (tertiary/aromatic N) is 2. The number of aromatic nitrogens is 2. The maximum atomic E-state index is 4.65.